The van der Waals surface area contributed by atoms with Crippen LogP contribution in [0.25, 0.3) is 0 Å². The minimum Gasteiger partial charge on any atom is -0.394 e. The highest BCUT2D eigenvalue weighted by molar-refractivity contribution is 5.87. The number of amides is 2. The lowest BCUT2D eigenvalue weighted by Gasteiger charge is -2.43. The third-order valence-electron chi connectivity index (χ3n) is 5.06. The Bertz CT molecular complexity index is 523. The van der Waals surface area contributed by atoms with Gasteiger partial charge in [0.15, 0.2) is 5.60 Å². The Hall–Kier alpha value is -1.30. The van der Waals surface area contributed by atoms with Crippen LogP contribution < -0.4 is 16.4 Å². The molecule has 0 saturated heterocycles. The second-order valence-electron chi connectivity index (χ2n) is 8.75. The average molecular weight is 436 g/mol. The van der Waals surface area contributed by atoms with Gasteiger partial charge in [-0.15, -0.1) is 0 Å². The molecule has 0 heterocycles. The van der Waals surface area contributed by atoms with E-state index in [-0.39, 0.29) is 18.8 Å². The highest BCUT2D eigenvalue weighted by Crippen LogP contribution is 2.26. The van der Waals surface area contributed by atoms with Crippen molar-refractivity contribution in [2.24, 2.45) is 17.6 Å². The SMILES string of the molecule is CC(C)CCCCC(=O)N[C@@H](CO)C(=O)N[C@@H](CC(C)C)C(O)(O)[C@](O)(CN)CO. The highest BCUT2D eigenvalue weighted by atomic mass is 16.5. The first-order valence-electron chi connectivity index (χ1n) is 10.5. The second kappa shape index (κ2) is 13.2. The minimum absolute atomic E-state index is 0.0301. The van der Waals surface area contributed by atoms with Gasteiger partial charge in [-0.2, -0.15) is 0 Å². The van der Waals surface area contributed by atoms with E-state index in [1.165, 1.54) is 0 Å². The van der Waals surface area contributed by atoms with E-state index < -0.39 is 55.0 Å². The van der Waals surface area contributed by atoms with Crippen molar-refractivity contribution in [2.75, 3.05) is 19.8 Å². The lowest BCUT2D eigenvalue weighted by atomic mass is 9.83. The molecule has 0 unspecified atom stereocenters. The molecule has 10 heteroatoms. The maximum Gasteiger partial charge on any atom is 0.245 e. The van der Waals surface area contributed by atoms with Crippen LogP contribution in [0.5, 0.6) is 0 Å². The molecule has 0 aliphatic carbocycles. The summed E-state index contributed by atoms with van der Waals surface area (Å²) in [7, 11) is 0. The molecule has 0 radical (unpaired) electrons. The van der Waals surface area contributed by atoms with Gasteiger partial charge in [-0.1, -0.05) is 40.5 Å². The molecule has 0 aromatic rings. The molecule has 0 aliphatic rings. The van der Waals surface area contributed by atoms with E-state index in [0.717, 1.165) is 12.8 Å². The fourth-order valence-corrected chi connectivity index (χ4v) is 3.02. The van der Waals surface area contributed by atoms with Crippen molar-refractivity contribution in [3.63, 3.8) is 0 Å². The summed E-state index contributed by atoms with van der Waals surface area (Å²) in [4.78, 5) is 24.7. The van der Waals surface area contributed by atoms with E-state index in [4.69, 9.17) is 5.73 Å². The van der Waals surface area contributed by atoms with Crippen LogP contribution in [0.1, 0.15) is 59.8 Å². The summed E-state index contributed by atoms with van der Waals surface area (Å²) in [6, 6.07) is -2.71. The summed E-state index contributed by atoms with van der Waals surface area (Å²) in [5, 5.41) is 55.1. The molecular weight excluding hydrogens is 394 g/mol. The highest BCUT2D eigenvalue weighted by Gasteiger charge is 2.53. The number of unbranched alkanes of at least 4 members (excludes halogenated alkanes) is 1. The van der Waals surface area contributed by atoms with Crippen LogP contribution in [0.4, 0.5) is 0 Å². The molecular formula is C20H41N3O7. The third kappa shape index (κ3) is 8.83. The molecule has 9 N–H and O–H groups in total. The van der Waals surface area contributed by atoms with Gasteiger partial charge < -0.3 is 41.9 Å². The predicted octanol–water partition coefficient (Wildman–Crippen LogP) is -1.43. The quantitative estimate of drug-likeness (QED) is 0.114. The van der Waals surface area contributed by atoms with Crippen molar-refractivity contribution in [1.82, 2.24) is 10.6 Å². The number of aliphatic hydroxyl groups is 5. The van der Waals surface area contributed by atoms with Gasteiger partial charge in [0.05, 0.1) is 19.3 Å². The zero-order valence-electron chi connectivity index (χ0n) is 18.6. The van der Waals surface area contributed by atoms with Crippen LogP contribution in [-0.2, 0) is 9.59 Å². The Morgan fingerprint density at radius 2 is 1.57 bits per heavy atom. The minimum atomic E-state index is -2.95. The van der Waals surface area contributed by atoms with Gasteiger partial charge >= 0.3 is 0 Å². The molecule has 0 rings (SSSR count). The molecule has 178 valence electrons. The molecule has 30 heavy (non-hydrogen) atoms. The van der Waals surface area contributed by atoms with E-state index >= 15 is 0 Å². The van der Waals surface area contributed by atoms with Gasteiger partial charge in [-0.25, -0.2) is 0 Å². The number of nitrogens with two attached hydrogens (primary N) is 1. The normalized spacial score (nSPS) is 16.3. The predicted molar refractivity (Wildman–Crippen MR) is 112 cm³/mol. The van der Waals surface area contributed by atoms with E-state index in [1.54, 1.807) is 13.8 Å². The van der Waals surface area contributed by atoms with Crippen molar-refractivity contribution < 1.29 is 35.1 Å². The Morgan fingerprint density at radius 1 is 0.967 bits per heavy atom. The number of hydrogen-bond acceptors (Lipinski definition) is 8. The van der Waals surface area contributed by atoms with Crippen LogP contribution in [-0.4, -0.2) is 80.6 Å². The molecule has 0 spiro atoms. The molecule has 3 atom stereocenters. The molecule has 0 aromatic heterocycles. The van der Waals surface area contributed by atoms with Crippen molar-refractivity contribution in [2.45, 2.75) is 83.3 Å². The number of hydrogen-bond donors (Lipinski definition) is 8. The summed E-state index contributed by atoms with van der Waals surface area (Å²) >= 11 is 0. The molecule has 0 bridgehead atoms. The molecule has 0 saturated carbocycles. The fourth-order valence-electron chi connectivity index (χ4n) is 3.02. The van der Waals surface area contributed by atoms with Crippen molar-refractivity contribution in [1.29, 1.82) is 0 Å². The number of rotatable bonds is 15. The monoisotopic (exact) mass is 435 g/mol. The molecule has 2 amide bonds. The van der Waals surface area contributed by atoms with E-state index in [9.17, 15) is 35.1 Å². The number of carbonyl (C=O) groups is 2. The Morgan fingerprint density at radius 3 is 2.00 bits per heavy atom. The van der Waals surface area contributed by atoms with Crippen molar-refractivity contribution in [3.05, 3.63) is 0 Å². The van der Waals surface area contributed by atoms with Crippen LogP contribution >= 0.6 is 0 Å². The van der Waals surface area contributed by atoms with E-state index in [2.05, 4.69) is 24.5 Å². The summed E-state index contributed by atoms with van der Waals surface area (Å²) in [6.45, 7) is 5.30. The van der Waals surface area contributed by atoms with Gasteiger partial charge in [0, 0.05) is 13.0 Å². The Kier molecular flexibility index (Phi) is 12.6. The second-order valence-corrected chi connectivity index (χ2v) is 8.75. The van der Waals surface area contributed by atoms with Gasteiger partial charge in [0.2, 0.25) is 17.6 Å². The first-order valence-corrected chi connectivity index (χ1v) is 10.5. The van der Waals surface area contributed by atoms with Gasteiger partial charge in [0.1, 0.15) is 6.04 Å². The summed E-state index contributed by atoms with van der Waals surface area (Å²) in [5.41, 5.74) is 2.91. The smallest absolute Gasteiger partial charge is 0.245 e. The molecule has 10 nitrogen and oxygen atoms in total. The van der Waals surface area contributed by atoms with Crippen LogP contribution in [0.3, 0.4) is 0 Å². The number of nitrogens with one attached hydrogen (secondary N) is 2. The Labute approximate surface area is 178 Å². The molecule has 0 aliphatic heterocycles. The first kappa shape index (κ1) is 28.7. The van der Waals surface area contributed by atoms with E-state index in [1.807, 2.05) is 0 Å². The van der Waals surface area contributed by atoms with Crippen molar-refractivity contribution in [3.8, 4) is 0 Å². The van der Waals surface area contributed by atoms with Gasteiger partial charge in [0.25, 0.3) is 0 Å². The maximum atomic E-state index is 12.6. The lowest BCUT2D eigenvalue weighted by Crippen LogP contribution is -2.71. The maximum absolute atomic E-state index is 12.6. The van der Waals surface area contributed by atoms with Crippen LogP contribution in [0, 0.1) is 11.8 Å². The molecule has 0 aromatic carbocycles. The zero-order valence-corrected chi connectivity index (χ0v) is 18.6. The standard InChI is InChI=1S/C20H41N3O7/c1-13(2)7-5-6-8-17(26)22-15(10-24)18(27)23-16(9-14(3)4)20(29,30)19(28,11-21)12-25/h13-16,24-25,28-30H,5-12,21H2,1-4H3,(H,22,26)(H,23,27)/t15-,16-,19-/m0/s1. The van der Waals surface area contributed by atoms with Gasteiger partial charge in [-0.05, 0) is 24.7 Å². The topological polar surface area (TPSA) is 185 Å². The summed E-state index contributed by atoms with van der Waals surface area (Å²) in [5.74, 6) is -3.79. The zero-order chi connectivity index (χ0) is 23.5. The number of carbonyl (C=O) groups excluding carboxylic acids is 2. The summed E-state index contributed by atoms with van der Waals surface area (Å²) in [6.07, 6.45) is 2.73. The summed E-state index contributed by atoms with van der Waals surface area (Å²) < 4.78 is 0. The average Bonchev–Trinajstić information content (AvgIpc) is 2.67. The van der Waals surface area contributed by atoms with E-state index in [0.29, 0.717) is 12.3 Å². The van der Waals surface area contributed by atoms with Gasteiger partial charge in [-0.3, -0.25) is 9.59 Å². The number of aliphatic hydroxyl groups excluding tert-OH is 2. The van der Waals surface area contributed by atoms with Crippen LogP contribution in [0.15, 0.2) is 0 Å². The van der Waals surface area contributed by atoms with Crippen LogP contribution in [0.2, 0.25) is 0 Å². The lowest BCUT2D eigenvalue weighted by molar-refractivity contribution is -0.295. The van der Waals surface area contributed by atoms with Crippen molar-refractivity contribution >= 4 is 11.8 Å². The largest absolute Gasteiger partial charge is 0.394 e. The fraction of sp³-hybridized carbons (Fsp3) is 0.900. The third-order valence-corrected chi connectivity index (χ3v) is 5.06. The molecule has 0 fully saturated rings. The first-order chi connectivity index (χ1) is 13.8. The Balaban J connectivity index is 5.17.